The predicted octanol–water partition coefficient (Wildman–Crippen LogP) is 2.47. The van der Waals surface area contributed by atoms with Gasteiger partial charge in [0.05, 0.1) is 6.04 Å². The maximum absolute atomic E-state index is 12.4. The molecule has 116 valence electrons. The second-order valence-corrected chi connectivity index (χ2v) is 6.48. The van der Waals surface area contributed by atoms with Gasteiger partial charge in [-0.25, -0.2) is 0 Å². The first-order valence-electron chi connectivity index (χ1n) is 7.36. The van der Waals surface area contributed by atoms with Crippen LogP contribution in [0.4, 0.5) is 0 Å². The van der Waals surface area contributed by atoms with Gasteiger partial charge >= 0.3 is 0 Å². The number of para-hydroxylation sites is 1. The molecule has 0 radical (unpaired) electrons. The summed E-state index contributed by atoms with van der Waals surface area (Å²) in [6.45, 7) is 0.582. The Balaban J connectivity index is 1.59. The summed E-state index contributed by atoms with van der Waals surface area (Å²) in [7, 11) is 4.05. The molecule has 22 heavy (non-hydrogen) atoms. The Kier molecular flexibility index (Phi) is 4.45. The highest BCUT2D eigenvalue weighted by Gasteiger charge is 2.29. The zero-order chi connectivity index (χ0) is 15.5. The second-order valence-electron chi connectivity index (χ2n) is 5.70. The van der Waals surface area contributed by atoms with Crippen LogP contribution in [0.1, 0.15) is 17.2 Å². The van der Waals surface area contributed by atoms with E-state index in [1.807, 2.05) is 38.4 Å². The Morgan fingerprint density at radius 1 is 1.41 bits per heavy atom. The molecule has 0 saturated heterocycles. The van der Waals surface area contributed by atoms with Crippen molar-refractivity contribution < 1.29 is 9.53 Å². The third-order valence-corrected chi connectivity index (χ3v) is 4.66. The van der Waals surface area contributed by atoms with Crippen LogP contribution in [0.3, 0.4) is 0 Å². The van der Waals surface area contributed by atoms with Crippen LogP contribution in [-0.4, -0.2) is 37.6 Å². The smallest absolute Gasteiger partial charge is 0.261 e. The highest BCUT2D eigenvalue weighted by molar-refractivity contribution is 7.07. The highest BCUT2D eigenvalue weighted by Crippen LogP contribution is 2.28. The lowest BCUT2D eigenvalue weighted by atomic mass is 10.1. The van der Waals surface area contributed by atoms with E-state index in [2.05, 4.69) is 27.0 Å². The third kappa shape index (κ3) is 3.15. The average Bonchev–Trinajstić information content (AvgIpc) is 3.16. The van der Waals surface area contributed by atoms with Crippen LogP contribution in [0.15, 0.2) is 41.1 Å². The van der Waals surface area contributed by atoms with Crippen LogP contribution in [0.5, 0.6) is 5.75 Å². The van der Waals surface area contributed by atoms with Crippen molar-refractivity contribution in [1.29, 1.82) is 0 Å². The van der Waals surface area contributed by atoms with Gasteiger partial charge in [0.2, 0.25) is 0 Å². The van der Waals surface area contributed by atoms with Gasteiger partial charge in [-0.2, -0.15) is 11.3 Å². The lowest BCUT2D eigenvalue weighted by Gasteiger charge is -2.24. The number of benzene rings is 1. The number of likely N-dealkylation sites (N-methyl/N-ethyl adjacent to an activating group) is 1. The Labute approximate surface area is 134 Å². The molecule has 3 rings (SSSR count). The average molecular weight is 316 g/mol. The van der Waals surface area contributed by atoms with Crippen LogP contribution in [0.2, 0.25) is 0 Å². The summed E-state index contributed by atoms with van der Waals surface area (Å²) < 4.78 is 5.73. The van der Waals surface area contributed by atoms with Crippen LogP contribution in [-0.2, 0) is 11.2 Å². The summed E-state index contributed by atoms with van der Waals surface area (Å²) in [6.07, 6.45) is 0.232. The zero-order valence-electron chi connectivity index (χ0n) is 12.8. The molecule has 1 N–H and O–H groups in total. The highest BCUT2D eigenvalue weighted by atomic mass is 32.1. The van der Waals surface area contributed by atoms with Crippen LogP contribution < -0.4 is 10.1 Å². The number of thiophene rings is 1. The summed E-state index contributed by atoms with van der Waals surface area (Å²) in [6, 6.07) is 10.1. The van der Waals surface area contributed by atoms with Crippen molar-refractivity contribution in [2.24, 2.45) is 0 Å². The maximum Gasteiger partial charge on any atom is 0.261 e. The fraction of sp³-hybridized carbons (Fsp3) is 0.353. The van der Waals surface area contributed by atoms with Crippen molar-refractivity contribution in [1.82, 2.24) is 10.2 Å². The maximum atomic E-state index is 12.4. The van der Waals surface area contributed by atoms with Gasteiger partial charge in [-0.1, -0.05) is 18.2 Å². The number of hydrogen-bond donors (Lipinski definition) is 1. The van der Waals surface area contributed by atoms with Gasteiger partial charge in [0, 0.05) is 13.0 Å². The molecule has 2 heterocycles. The molecular weight excluding hydrogens is 296 g/mol. The molecule has 0 bridgehead atoms. The quantitative estimate of drug-likeness (QED) is 0.921. The van der Waals surface area contributed by atoms with Crippen LogP contribution in [0, 0.1) is 0 Å². The van der Waals surface area contributed by atoms with E-state index < -0.39 is 6.10 Å². The Morgan fingerprint density at radius 3 is 2.91 bits per heavy atom. The van der Waals surface area contributed by atoms with Gasteiger partial charge in [-0.05, 0) is 48.1 Å². The lowest BCUT2D eigenvalue weighted by Crippen LogP contribution is -2.41. The number of carbonyl (C=O) groups excluding carboxylic acids is 1. The first-order valence-corrected chi connectivity index (χ1v) is 8.30. The molecule has 0 spiro atoms. The molecule has 1 amide bonds. The Bertz CT molecular complexity index is 615. The van der Waals surface area contributed by atoms with Crippen molar-refractivity contribution in [2.45, 2.75) is 18.6 Å². The minimum Gasteiger partial charge on any atom is -0.480 e. The number of fused-ring (bicyclic) bond motifs is 1. The minimum atomic E-state index is -0.414. The number of amides is 1. The number of hydrogen-bond acceptors (Lipinski definition) is 4. The summed E-state index contributed by atoms with van der Waals surface area (Å²) in [4.78, 5) is 14.5. The number of carbonyl (C=O) groups is 1. The van der Waals surface area contributed by atoms with E-state index in [1.165, 1.54) is 5.56 Å². The molecule has 2 atom stereocenters. The fourth-order valence-electron chi connectivity index (χ4n) is 2.70. The number of nitrogens with zero attached hydrogens (tertiary/aromatic N) is 1. The van der Waals surface area contributed by atoms with E-state index in [9.17, 15) is 4.79 Å². The van der Waals surface area contributed by atoms with Crippen LogP contribution >= 0.6 is 11.3 Å². The van der Waals surface area contributed by atoms with E-state index >= 15 is 0 Å². The van der Waals surface area contributed by atoms with E-state index in [0.29, 0.717) is 13.0 Å². The molecule has 2 aromatic rings. The van der Waals surface area contributed by atoms with E-state index in [1.54, 1.807) is 11.3 Å². The molecule has 1 aromatic heterocycles. The molecule has 0 aliphatic carbocycles. The van der Waals surface area contributed by atoms with Crippen molar-refractivity contribution in [3.63, 3.8) is 0 Å². The molecule has 0 unspecified atom stereocenters. The van der Waals surface area contributed by atoms with Crippen molar-refractivity contribution in [3.8, 4) is 5.75 Å². The lowest BCUT2D eigenvalue weighted by molar-refractivity contribution is -0.127. The van der Waals surface area contributed by atoms with E-state index in [4.69, 9.17) is 4.74 Å². The molecule has 4 nitrogen and oxygen atoms in total. The molecular formula is C17H20N2O2S. The Morgan fingerprint density at radius 2 is 2.23 bits per heavy atom. The Hall–Kier alpha value is -1.85. The first-order chi connectivity index (χ1) is 10.6. The van der Waals surface area contributed by atoms with Gasteiger partial charge < -0.3 is 15.0 Å². The standard InChI is InChI=1S/C17H20N2O2S/c1-19(2)14(13-7-8-22-11-13)10-18-17(20)16-9-12-5-3-4-6-15(12)21-16/h3-8,11,14,16H,9-10H2,1-2H3,(H,18,20)/t14-,16-/m1/s1. The predicted molar refractivity (Wildman–Crippen MR) is 88.3 cm³/mol. The van der Waals surface area contributed by atoms with Crippen molar-refractivity contribution in [3.05, 3.63) is 52.2 Å². The SMILES string of the molecule is CN(C)[C@H](CNC(=O)[C@H]1Cc2ccccc2O1)c1ccsc1. The third-order valence-electron chi connectivity index (χ3n) is 3.96. The number of ether oxygens (including phenoxy) is 1. The van der Waals surface area contributed by atoms with E-state index in [-0.39, 0.29) is 11.9 Å². The van der Waals surface area contributed by atoms with Crippen molar-refractivity contribution >= 4 is 17.2 Å². The molecule has 5 heteroatoms. The minimum absolute atomic E-state index is 0.0433. The fourth-order valence-corrected chi connectivity index (χ4v) is 3.41. The second kappa shape index (κ2) is 6.50. The normalized spacial score (nSPS) is 17.9. The number of rotatable bonds is 5. The largest absolute Gasteiger partial charge is 0.480 e. The van der Waals surface area contributed by atoms with Gasteiger partial charge in [0.1, 0.15) is 5.75 Å². The van der Waals surface area contributed by atoms with Gasteiger partial charge in [0.25, 0.3) is 5.91 Å². The summed E-state index contributed by atoms with van der Waals surface area (Å²) in [5.74, 6) is 0.780. The van der Waals surface area contributed by atoms with Gasteiger partial charge in [-0.15, -0.1) is 0 Å². The van der Waals surface area contributed by atoms with E-state index in [0.717, 1.165) is 11.3 Å². The monoisotopic (exact) mass is 316 g/mol. The molecule has 0 saturated carbocycles. The van der Waals surface area contributed by atoms with Gasteiger partial charge in [-0.3, -0.25) is 4.79 Å². The molecule has 1 aromatic carbocycles. The first kappa shape index (κ1) is 15.1. The van der Waals surface area contributed by atoms with Crippen molar-refractivity contribution in [2.75, 3.05) is 20.6 Å². The summed E-state index contributed by atoms with van der Waals surface area (Å²) in [5, 5.41) is 7.21. The summed E-state index contributed by atoms with van der Waals surface area (Å²) >= 11 is 1.67. The topological polar surface area (TPSA) is 41.6 Å². The zero-order valence-corrected chi connectivity index (χ0v) is 13.6. The molecule has 1 aliphatic heterocycles. The number of nitrogens with one attached hydrogen (secondary N) is 1. The van der Waals surface area contributed by atoms with Crippen LogP contribution in [0.25, 0.3) is 0 Å². The molecule has 0 fully saturated rings. The summed E-state index contributed by atoms with van der Waals surface area (Å²) in [5.41, 5.74) is 2.33. The molecule has 1 aliphatic rings. The van der Waals surface area contributed by atoms with Gasteiger partial charge in [0.15, 0.2) is 6.10 Å².